The van der Waals surface area contributed by atoms with E-state index in [0.29, 0.717) is 12.4 Å². The Balaban J connectivity index is 2.08. The number of aromatic carboxylic acids is 1. The summed E-state index contributed by atoms with van der Waals surface area (Å²) in [5.41, 5.74) is -0.0787. The molecule has 86 valence electrons. The Hall–Kier alpha value is -1.72. The lowest BCUT2D eigenvalue weighted by atomic mass is 10.1. The molecular weight excluding hydrogens is 213 g/mol. The summed E-state index contributed by atoms with van der Waals surface area (Å²) in [5.74, 6) is -0.427. The average Bonchev–Trinajstić information content (AvgIpc) is 2.77. The van der Waals surface area contributed by atoms with Crippen molar-refractivity contribution in [2.75, 3.05) is 24.7 Å². The van der Waals surface area contributed by atoms with Gasteiger partial charge in [0.2, 0.25) is 0 Å². The summed E-state index contributed by atoms with van der Waals surface area (Å²) >= 11 is 0. The van der Waals surface area contributed by atoms with E-state index in [4.69, 9.17) is 5.11 Å². The number of rotatable bonds is 3. The minimum absolute atomic E-state index is 0.0564. The van der Waals surface area contributed by atoms with Gasteiger partial charge in [0, 0.05) is 19.0 Å². The van der Waals surface area contributed by atoms with Gasteiger partial charge in [-0.1, -0.05) is 0 Å². The molecule has 1 aliphatic heterocycles. The highest BCUT2D eigenvalue weighted by Crippen LogP contribution is 2.21. The van der Waals surface area contributed by atoms with Crippen LogP contribution < -0.4 is 4.90 Å². The lowest BCUT2D eigenvalue weighted by molar-refractivity contribution is 0.0690. The fourth-order valence-electron chi connectivity index (χ4n) is 1.76. The highest BCUT2D eigenvalue weighted by Gasteiger charge is 2.23. The molecule has 1 aromatic heterocycles. The second-order valence-electron chi connectivity index (χ2n) is 3.82. The SMILES string of the molecule is O=C(O)c1cnc(N2CCC(CF)C2)cn1. The molecule has 0 aliphatic carbocycles. The lowest BCUT2D eigenvalue weighted by Gasteiger charge is -2.16. The quantitative estimate of drug-likeness (QED) is 0.830. The first kappa shape index (κ1) is 10.8. The Kier molecular flexibility index (Phi) is 2.98. The first-order chi connectivity index (χ1) is 7.70. The molecule has 2 heterocycles. The zero-order valence-electron chi connectivity index (χ0n) is 8.64. The molecule has 0 radical (unpaired) electrons. The monoisotopic (exact) mass is 225 g/mol. The second-order valence-corrected chi connectivity index (χ2v) is 3.82. The topological polar surface area (TPSA) is 66.3 Å². The number of hydrogen-bond acceptors (Lipinski definition) is 4. The summed E-state index contributed by atoms with van der Waals surface area (Å²) in [4.78, 5) is 20.3. The van der Waals surface area contributed by atoms with Gasteiger partial charge in [0.15, 0.2) is 5.69 Å². The van der Waals surface area contributed by atoms with Crippen LogP contribution in [0, 0.1) is 5.92 Å². The van der Waals surface area contributed by atoms with Gasteiger partial charge in [-0.2, -0.15) is 0 Å². The van der Waals surface area contributed by atoms with E-state index in [-0.39, 0.29) is 18.3 Å². The zero-order chi connectivity index (χ0) is 11.5. The number of carboxylic acids is 1. The van der Waals surface area contributed by atoms with E-state index in [0.717, 1.165) is 13.0 Å². The van der Waals surface area contributed by atoms with Crippen molar-refractivity contribution >= 4 is 11.8 Å². The number of anilines is 1. The minimum Gasteiger partial charge on any atom is -0.476 e. The van der Waals surface area contributed by atoms with Crippen LogP contribution in [0.25, 0.3) is 0 Å². The van der Waals surface area contributed by atoms with Gasteiger partial charge in [0.1, 0.15) is 5.82 Å². The first-order valence-corrected chi connectivity index (χ1v) is 5.07. The molecule has 1 saturated heterocycles. The second kappa shape index (κ2) is 4.42. The number of nitrogens with zero attached hydrogens (tertiary/aromatic N) is 3. The fourth-order valence-corrected chi connectivity index (χ4v) is 1.76. The van der Waals surface area contributed by atoms with Crippen LogP contribution in [-0.2, 0) is 0 Å². The Labute approximate surface area is 91.9 Å². The Morgan fingerprint density at radius 2 is 2.38 bits per heavy atom. The van der Waals surface area contributed by atoms with E-state index in [1.54, 1.807) is 0 Å². The van der Waals surface area contributed by atoms with Crippen molar-refractivity contribution < 1.29 is 14.3 Å². The summed E-state index contributed by atoms with van der Waals surface area (Å²) in [6.45, 7) is 1.05. The normalized spacial score (nSPS) is 20.1. The van der Waals surface area contributed by atoms with Gasteiger partial charge in [-0.05, 0) is 6.42 Å². The Morgan fingerprint density at radius 1 is 1.56 bits per heavy atom. The predicted molar refractivity (Wildman–Crippen MR) is 55.3 cm³/mol. The van der Waals surface area contributed by atoms with Crippen molar-refractivity contribution in [3.05, 3.63) is 18.1 Å². The molecule has 1 aliphatic rings. The Bertz CT molecular complexity index is 382. The number of carboxylic acid groups (broad SMARTS) is 1. The van der Waals surface area contributed by atoms with Crippen LogP contribution in [0.15, 0.2) is 12.4 Å². The highest BCUT2D eigenvalue weighted by molar-refractivity contribution is 5.84. The summed E-state index contributed by atoms with van der Waals surface area (Å²) in [6, 6.07) is 0. The van der Waals surface area contributed by atoms with Crippen LogP contribution in [0.5, 0.6) is 0 Å². The number of alkyl halides is 1. The summed E-state index contributed by atoms with van der Waals surface area (Å²) in [7, 11) is 0. The van der Waals surface area contributed by atoms with Gasteiger partial charge in [-0.25, -0.2) is 14.8 Å². The lowest BCUT2D eigenvalue weighted by Crippen LogP contribution is -2.21. The molecule has 1 unspecified atom stereocenters. The molecule has 5 nitrogen and oxygen atoms in total. The van der Waals surface area contributed by atoms with Crippen molar-refractivity contribution in [1.29, 1.82) is 0 Å². The molecular formula is C10H12FN3O2. The van der Waals surface area contributed by atoms with Crippen LogP contribution in [0.4, 0.5) is 10.2 Å². The highest BCUT2D eigenvalue weighted by atomic mass is 19.1. The van der Waals surface area contributed by atoms with Crippen molar-refractivity contribution in [1.82, 2.24) is 9.97 Å². The van der Waals surface area contributed by atoms with Crippen molar-refractivity contribution in [2.24, 2.45) is 5.92 Å². The van der Waals surface area contributed by atoms with Crippen LogP contribution in [0.1, 0.15) is 16.9 Å². The van der Waals surface area contributed by atoms with Crippen LogP contribution in [-0.4, -0.2) is 40.8 Å². The van der Waals surface area contributed by atoms with Gasteiger partial charge in [0.05, 0.1) is 19.1 Å². The third kappa shape index (κ3) is 2.10. The number of aromatic nitrogens is 2. The van der Waals surface area contributed by atoms with Gasteiger partial charge in [-0.15, -0.1) is 0 Å². The summed E-state index contributed by atoms with van der Waals surface area (Å²) in [6.07, 6.45) is 3.45. The van der Waals surface area contributed by atoms with E-state index in [2.05, 4.69) is 9.97 Å². The van der Waals surface area contributed by atoms with Gasteiger partial charge >= 0.3 is 5.97 Å². The molecule has 6 heteroatoms. The summed E-state index contributed by atoms with van der Waals surface area (Å²) in [5, 5.41) is 8.66. The number of hydrogen-bond donors (Lipinski definition) is 1. The van der Waals surface area contributed by atoms with Crippen molar-refractivity contribution in [2.45, 2.75) is 6.42 Å². The molecule has 0 bridgehead atoms. The van der Waals surface area contributed by atoms with Crippen LogP contribution >= 0.6 is 0 Å². The van der Waals surface area contributed by atoms with E-state index in [1.807, 2.05) is 4.90 Å². The smallest absolute Gasteiger partial charge is 0.356 e. The zero-order valence-corrected chi connectivity index (χ0v) is 8.64. The molecule has 1 fully saturated rings. The van der Waals surface area contributed by atoms with Gasteiger partial charge in [-0.3, -0.25) is 4.39 Å². The minimum atomic E-state index is -1.10. The maximum atomic E-state index is 12.4. The maximum Gasteiger partial charge on any atom is 0.356 e. The van der Waals surface area contributed by atoms with E-state index >= 15 is 0 Å². The molecule has 1 atom stereocenters. The van der Waals surface area contributed by atoms with Gasteiger partial charge < -0.3 is 10.0 Å². The molecule has 0 saturated carbocycles. The molecule has 2 rings (SSSR count). The molecule has 0 aromatic carbocycles. The van der Waals surface area contributed by atoms with E-state index in [9.17, 15) is 9.18 Å². The number of carbonyl (C=O) groups is 1. The predicted octanol–water partition coefficient (Wildman–Crippen LogP) is 0.971. The fraction of sp³-hybridized carbons (Fsp3) is 0.500. The first-order valence-electron chi connectivity index (χ1n) is 5.07. The third-order valence-corrected chi connectivity index (χ3v) is 2.69. The maximum absolute atomic E-state index is 12.4. The molecule has 1 aromatic rings. The number of halogens is 1. The summed E-state index contributed by atoms with van der Waals surface area (Å²) < 4.78 is 12.4. The molecule has 1 N–H and O–H groups in total. The van der Waals surface area contributed by atoms with Gasteiger partial charge in [0.25, 0.3) is 0 Å². The largest absolute Gasteiger partial charge is 0.476 e. The van der Waals surface area contributed by atoms with Crippen LogP contribution in [0.2, 0.25) is 0 Å². The van der Waals surface area contributed by atoms with Crippen molar-refractivity contribution in [3.63, 3.8) is 0 Å². The van der Waals surface area contributed by atoms with Crippen molar-refractivity contribution in [3.8, 4) is 0 Å². The third-order valence-electron chi connectivity index (χ3n) is 2.69. The van der Waals surface area contributed by atoms with Crippen LogP contribution in [0.3, 0.4) is 0 Å². The van der Waals surface area contributed by atoms with E-state index in [1.165, 1.54) is 12.4 Å². The van der Waals surface area contributed by atoms with E-state index < -0.39 is 5.97 Å². The standard InChI is InChI=1S/C10H12FN3O2/c11-3-7-1-2-14(6-7)9-5-12-8(4-13-9)10(15)16/h4-5,7H,1-3,6H2,(H,15,16). The Morgan fingerprint density at radius 3 is 2.88 bits per heavy atom. The molecule has 0 spiro atoms. The molecule has 16 heavy (non-hydrogen) atoms. The average molecular weight is 225 g/mol. The molecule has 0 amide bonds.